The summed E-state index contributed by atoms with van der Waals surface area (Å²) in [5, 5.41) is 19.8. The number of phenols is 1. The molecule has 5 heteroatoms. The third-order valence-electron chi connectivity index (χ3n) is 4.91. The molecule has 1 unspecified atom stereocenters. The van der Waals surface area contributed by atoms with E-state index < -0.39 is 5.97 Å². The van der Waals surface area contributed by atoms with E-state index in [-0.39, 0.29) is 23.2 Å². The summed E-state index contributed by atoms with van der Waals surface area (Å²) in [7, 11) is 0. The van der Waals surface area contributed by atoms with Gasteiger partial charge in [0.25, 0.3) is 0 Å². The Morgan fingerprint density at radius 3 is 2.61 bits per heavy atom. The monoisotopic (exact) mass is 386 g/mol. The fourth-order valence-electron chi connectivity index (χ4n) is 3.53. The summed E-state index contributed by atoms with van der Waals surface area (Å²) in [6.45, 7) is 9.63. The van der Waals surface area contributed by atoms with E-state index in [2.05, 4.69) is 6.08 Å². The van der Waals surface area contributed by atoms with Crippen molar-refractivity contribution in [2.24, 2.45) is 5.92 Å². The average molecular weight is 386 g/mol. The number of Topliss-reactive ketones (excluding diaryl/α,β-unsaturated/α-hetero) is 1. The molecule has 0 amide bonds. The van der Waals surface area contributed by atoms with Gasteiger partial charge < -0.3 is 14.9 Å². The molecule has 1 aliphatic heterocycles. The Kier molecular flexibility index (Phi) is 7.05. The number of carboxylic acids is 1. The Labute approximate surface area is 166 Å². The normalized spacial score (nSPS) is 16.4. The molecule has 0 saturated heterocycles. The summed E-state index contributed by atoms with van der Waals surface area (Å²) < 4.78 is 5.91. The van der Waals surface area contributed by atoms with E-state index in [0.717, 1.165) is 17.6 Å². The minimum Gasteiger partial charge on any atom is -0.506 e. The summed E-state index contributed by atoms with van der Waals surface area (Å²) in [5.74, 6) is -0.276. The van der Waals surface area contributed by atoms with E-state index in [0.29, 0.717) is 42.1 Å². The number of carbonyl (C=O) groups is 2. The highest BCUT2D eigenvalue weighted by atomic mass is 16.5. The van der Waals surface area contributed by atoms with E-state index in [9.17, 15) is 19.8 Å². The fourth-order valence-corrected chi connectivity index (χ4v) is 3.53. The Bertz CT molecular complexity index is 830. The molecule has 0 fully saturated rings. The van der Waals surface area contributed by atoms with Crippen LogP contribution in [0.15, 0.2) is 23.3 Å². The van der Waals surface area contributed by atoms with Crippen molar-refractivity contribution in [3.05, 3.63) is 40.0 Å². The third kappa shape index (κ3) is 5.24. The SMILES string of the molecule is CC(=CCCC1=Cc2c(cc(C)c(C(=O)O)c2O)OC1C)CC(=O)CC(C)C. The predicted molar refractivity (Wildman–Crippen MR) is 110 cm³/mol. The van der Waals surface area contributed by atoms with Crippen molar-refractivity contribution in [2.45, 2.75) is 66.4 Å². The molecule has 2 N–H and O–H groups in total. The highest BCUT2D eigenvalue weighted by molar-refractivity contribution is 5.95. The van der Waals surface area contributed by atoms with Crippen molar-refractivity contribution in [3.8, 4) is 11.5 Å². The lowest BCUT2D eigenvalue weighted by atomic mass is 9.94. The van der Waals surface area contributed by atoms with Crippen molar-refractivity contribution in [1.29, 1.82) is 0 Å². The fraction of sp³-hybridized carbons (Fsp3) is 0.478. The van der Waals surface area contributed by atoms with Crippen LogP contribution in [0, 0.1) is 12.8 Å². The summed E-state index contributed by atoms with van der Waals surface area (Å²) in [5.41, 5.74) is 2.84. The van der Waals surface area contributed by atoms with Crippen LogP contribution >= 0.6 is 0 Å². The lowest BCUT2D eigenvalue weighted by Gasteiger charge is -2.26. The Hall–Kier alpha value is -2.56. The molecule has 0 aliphatic carbocycles. The summed E-state index contributed by atoms with van der Waals surface area (Å²) in [6.07, 6.45) is 6.30. The third-order valence-corrected chi connectivity index (χ3v) is 4.91. The molecule has 152 valence electrons. The maximum atomic E-state index is 11.9. The number of hydrogen-bond acceptors (Lipinski definition) is 4. The molecule has 0 bridgehead atoms. The Morgan fingerprint density at radius 2 is 2.00 bits per heavy atom. The lowest BCUT2D eigenvalue weighted by molar-refractivity contribution is -0.119. The minimum atomic E-state index is -1.16. The first-order valence-electron chi connectivity index (χ1n) is 9.74. The number of aromatic carboxylic acids is 1. The van der Waals surface area contributed by atoms with Crippen LogP contribution in [0.3, 0.4) is 0 Å². The Morgan fingerprint density at radius 1 is 1.32 bits per heavy atom. The second kappa shape index (κ2) is 9.09. The van der Waals surface area contributed by atoms with Crippen LogP contribution in [0.4, 0.5) is 0 Å². The number of fused-ring (bicyclic) bond motifs is 1. The molecule has 5 nitrogen and oxygen atoms in total. The molecule has 0 saturated carbocycles. The first kappa shape index (κ1) is 21.7. The molecule has 1 aromatic carbocycles. The lowest BCUT2D eigenvalue weighted by Crippen LogP contribution is -2.19. The van der Waals surface area contributed by atoms with Gasteiger partial charge in [0.1, 0.15) is 28.9 Å². The van der Waals surface area contributed by atoms with E-state index in [1.807, 2.05) is 33.8 Å². The maximum absolute atomic E-state index is 11.9. The number of hydrogen-bond donors (Lipinski definition) is 2. The van der Waals surface area contributed by atoms with Crippen molar-refractivity contribution in [1.82, 2.24) is 0 Å². The molecule has 0 spiro atoms. The van der Waals surface area contributed by atoms with E-state index >= 15 is 0 Å². The highest BCUT2D eigenvalue weighted by Crippen LogP contribution is 2.40. The molecule has 28 heavy (non-hydrogen) atoms. The standard InChI is InChI=1S/C23H30O5/c1-13(2)9-18(24)10-14(3)7-6-8-17-12-19-20(28-16(17)5)11-15(4)21(22(19)25)23(26)27/h7,11-13,16,25H,6,8-10H2,1-5H3,(H,26,27). The number of aryl methyl sites for hydroxylation is 1. The van der Waals surface area contributed by atoms with Crippen LogP contribution in [-0.2, 0) is 4.79 Å². The van der Waals surface area contributed by atoms with Crippen molar-refractivity contribution in [3.63, 3.8) is 0 Å². The molecule has 2 rings (SSSR count). The summed E-state index contributed by atoms with van der Waals surface area (Å²) in [4.78, 5) is 23.3. The van der Waals surface area contributed by atoms with Gasteiger partial charge in [-0.15, -0.1) is 0 Å². The molecule has 1 heterocycles. The zero-order valence-electron chi connectivity index (χ0n) is 17.3. The van der Waals surface area contributed by atoms with E-state index in [4.69, 9.17) is 4.74 Å². The van der Waals surface area contributed by atoms with Gasteiger partial charge >= 0.3 is 5.97 Å². The number of ether oxygens (including phenoxy) is 1. The van der Waals surface area contributed by atoms with Crippen molar-refractivity contribution < 1.29 is 24.5 Å². The van der Waals surface area contributed by atoms with Gasteiger partial charge in [-0.3, -0.25) is 4.79 Å². The molecule has 0 radical (unpaired) electrons. The van der Waals surface area contributed by atoms with Crippen LogP contribution < -0.4 is 4.74 Å². The maximum Gasteiger partial charge on any atom is 0.339 e. The van der Waals surface area contributed by atoms with Crippen LogP contribution in [0.25, 0.3) is 6.08 Å². The number of aromatic hydroxyl groups is 1. The van der Waals surface area contributed by atoms with Crippen molar-refractivity contribution >= 4 is 17.8 Å². The largest absolute Gasteiger partial charge is 0.506 e. The molecular weight excluding hydrogens is 356 g/mol. The molecule has 1 aromatic rings. The van der Waals surface area contributed by atoms with Gasteiger partial charge in [0.2, 0.25) is 0 Å². The molecule has 1 atom stereocenters. The van der Waals surface area contributed by atoms with Crippen LogP contribution in [0.1, 0.15) is 74.9 Å². The number of rotatable bonds is 8. The van der Waals surface area contributed by atoms with Gasteiger partial charge in [0.15, 0.2) is 0 Å². The van der Waals surface area contributed by atoms with Gasteiger partial charge in [0, 0.05) is 12.8 Å². The summed E-state index contributed by atoms with van der Waals surface area (Å²) >= 11 is 0. The second-order valence-corrected chi connectivity index (χ2v) is 8.02. The zero-order chi connectivity index (χ0) is 21.0. The van der Waals surface area contributed by atoms with E-state index in [1.165, 1.54) is 0 Å². The quantitative estimate of drug-likeness (QED) is 0.593. The van der Waals surface area contributed by atoms with E-state index in [1.54, 1.807) is 13.0 Å². The van der Waals surface area contributed by atoms with Gasteiger partial charge in [-0.25, -0.2) is 4.79 Å². The zero-order valence-corrected chi connectivity index (χ0v) is 17.3. The molecular formula is C23H30O5. The Balaban J connectivity index is 2.13. The van der Waals surface area contributed by atoms with Crippen LogP contribution in [0.2, 0.25) is 0 Å². The number of benzene rings is 1. The van der Waals surface area contributed by atoms with Gasteiger partial charge in [-0.1, -0.05) is 25.5 Å². The number of allylic oxidation sites excluding steroid dienone is 2. The number of carboxylic acid groups (broad SMARTS) is 1. The number of carbonyl (C=O) groups excluding carboxylic acids is 1. The first-order chi connectivity index (χ1) is 13.1. The van der Waals surface area contributed by atoms with Crippen molar-refractivity contribution in [2.75, 3.05) is 0 Å². The van der Waals surface area contributed by atoms with Crippen LogP contribution in [0.5, 0.6) is 11.5 Å². The topological polar surface area (TPSA) is 83.8 Å². The average Bonchev–Trinajstić information content (AvgIpc) is 2.54. The minimum absolute atomic E-state index is 0.0908. The molecule has 1 aliphatic rings. The highest BCUT2D eigenvalue weighted by Gasteiger charge is 2.25. The smallest absolute Gasteiger partial charge is 0.339 e. The van der Waals surface area contributed by atoms with Gasteiger partial charge in [-0.05, 0) is 62.8 Å². The molecule has 0 aromatic heterocycles. The second-order valence-electron chi connectivity index (χ2n) is 8.02. The first-order valence-corrected chi connectivity index (χ1v) is 9.74. The van der Waals surface area contributed by atoms with Gasteiger partial charge in [-0.2, -0.15) is 0 Å². The number of ketones is 1. The predicted octanol–water partition coefficient (Wildman–Crippen LogP) is 5.29. The van der Waals surface area contributed by atoms with Gasteiger partial charge in [0.05, 0.1) is 5.56 Å². The summed E-state index contributed by atoms with van der Waals surface area (Å²) in [6, 6.07) is 1.66. The van der Waals surface area contributed by atoms with Crippen LogP contribution in [-0.4, -0.2) is 28.1 Å².